The SMILES string of the molecule is NC(=O)c1cnc(N)c(C(F)F)c1N. The van der Waals surface area contributed by atoms with Crippen LogP contribution in [0.3, 0.4) is 0 Å². The molecule has 6 N–H and O–H groups in total. The number of rotatable bonds is 2. The van der Waals surface area contributed by atoms with Crippen molar-refractivity contribution in [3.05, 3.63) is 17.3 Å². The number of halogens is 2. The van der Waals surface area contributed by atoms with Gasteiger partial charge in [-0.15, -0.1) is 0 Å². The van der Waals surface area contributed by atoms with E-state index in [1.165, 1.54) is 0 Å². The third-order valence-electron chi connectivity index (χ3n) is 1.67. The molecule has 7 heteroatoms. The zero-order valence-electron chi connectivity index (χ0n) is 7.00. The summed E-state index contributed by atoms with van der Waals surface area (Å²) in [5.74, 6) is -1.32. The van der Waals surface area contributed by atoms with Crippen LogP contribution in [0.5, 0.6) is 0 Å². The molecule has 0 atom stereocenters. The minimum Gasteiger partial charge on any atom is -0.398 e. The Balaban J connectivity index is 3.41. The van der Waals surface area contributed by atoms with Crippen LogP contribution in [0.15, 0.2) is 6.20 Å². The molecular weight excluding hydrogens is 194 g/mol. The quantitative estimate of drug-likeness (QED) is 0.640. The monoisotopic (exact) mass is 202 g/mol. The Morgan fingerprint density at radius 1 is 1.43 bits per heavy atom. The van der Waals surface area contributed by atoms with Crippen molar-refractivity contribution < 1.29 is 13.6 Å². The highest BCUT2D eigenvalue weighted by atomic mass is 19.3. The molecule has 1 heterocycles. The predicted molar refractivity (Wildman–Crippen MR) is 46.5 cm³/mol. The van der Waals surface area contributed by atoms with Crippen molar-refractivity contribution in [1.29, 1.82) is 0 Å². The highest BCUT2D eigenvalue weighted by molar-refractivity contribution is 5.98. The second-order valence-corrected chi connectivity index (χ2v) is 2.55. The molecule has 0 saturated heterocycles. The van der Waals surface area contributed by atoms with Crippen molar-refractivity contribution in [3.8, 4) is 0 Å². The van der Waals surface area contributed by atoms with Crippen LogP contribution in [0.2, 0.25) is 0 Å². The van der Waals surface area contributed by atoms with Crippen LogP contribution in [0.4, 0.5) is 20.3 Å². The summed E-state index contributed by atoms with van der Waals surface area (Å²) in [5.41, 5.74) is 14.0. The maximum absolute atomic E-state index is 12.4. The van der Waals surface area contributed by atoms with Gasteiger partial charge in [-0.05, 0) is 0 Å². The van der Waals surface area contributed by atoms with Crippen LogP contribution in [0.1, 0.15) is 22.3 Å². The summed E-state index contributed by atoms with van der Waals surface area (Å²) in [5, 5.41) is 0. The van der Waals surface area contributed by atoms with Gasteiger partial charge in [-0.2, -0.15) is 0 Å². The summed E-state index contributed by atoms with van der Waals surface area (Å²) in [4.78, 5) is 14.1. The van der Waals surface area contributed by atoms with E-state index in [0.29, 0.717) is 0 Å². The van der Waals surface area contributed by atoms with E-state index in [1.807, 2.05) is 0 Å². The number of carbonyl (C=O) groups is 1. The minimum atomic E-state index is -2.89. The molecule has 0 aliphatic carbocycles. The average molecular weight is 202 g/mol. The lowest BCUT2D eigenvalue weighted by molar-refractivity contribution is 0.100. The molecule has 1 aromatic heterocycles. The first kappa shape index (κ1) is 10.2. The lowest BCUT2D eigenvalue weighted by Crippen LogP contribution is -2.16. The topological polar surface area (TPSA) is 108 Å². The highest BCUT2D eigenvalue weighted by Crippen LogP contribution is 2.30. The summed E-state index contributed by atoms with van der Waals surface area (Å²) >= 11 is 0. The summed E-state index contributed by atoms with van der Waals surface area (Å²) in [7, 11) is 0. The van der Waals surface area contributed by atoms with Gasteiger partial charge >= 0.3 is 0 Å². The first-order valence-electron chi connectivity index (χ1n) is 3.57. The van der Waals surface area contributed by atoms with Gasteiger partial charge in [-0.3, -0.25) is 4.79 Å². The Hall–Kier alpha value is -1.92. The summed E-state index contributed by atoms with van der Waals surface area (Å²) in [6.45, 7) is 0. The fraction of sp³-hybridized carbons (Fsp3) is 0.143. The van der Waals surface area contributed by atoms with E-state index < -0.39 is 29.4 Å². The number of primary amides is 1. The Morgan fingerprint density at radius 3 is 2.43 bits per heavy atom. The lowest BCUT2D eigenvalue weighted by Gasteiger charge is -2.09. The predicted octanol–water partition coefficient (Wildman–Crippen LogP) is 0.282. The molecule has 0 unspecified atom stereocenters. The van der Waals surface area contributed by atoms with Crippen LogP contribution in [0, 0.1) is 0 Å². The molecule has 1 amide bonds. The van der Waals surface area contributed by atoms with Gasteiger partial charge in [0.2, 0.25) is 0 Å². The molecule has 5 nitrogen and oxygen atoms in total. The third kappa shape index (κ3) is 1.56. The van der Waals surface area contributed by atoms with Gasteiger partial charge in [0.25, 0.3) is 12.3 Å². The molecule has 1 rings (SSSR count). The second kappa shape index (κ2) is 3.44. The van der Waals surface area contributed by atoms with Gasteiger partial charge in [0.05, 0.1) is 16.8 Å². The molecule has 0 aliphatic rings. The number of alkyl halides is 2. The standard InChI is InChI=1S/C7H8F2N4O/c8-5(9)3-4(10)2(7(12)14)1-13-6(3)11/h1,5H,(H2,12,14)(H4,10,11,13). The van der Waals surface area contributed by atoms with E-state index in [1.54, 1.807) is 0 Å². The summed E-state index contributed by atoms with van der Waals surface area (Å²) in [6.07, 6.45) is -1.92. The molecule has 0 aliphatic heterocycles. The van der Waals surface area contributed by atoms with Crippen LogP contribution in [-0.2, 0) is 0 Å². The Labute approximate surface area is 77.9 Å². The number of carbonyl (C=O) groups excluding carboxylic acids is 1. The molecule has 14 heavy (non-hydrogen) atoms. The first-order chi connectivity index (χ1) is 6.45. The van der Waals surface area contributed by atoms with E-state index in [9.17, 15) is 13.6 Å². The van der Waals surface area contributed by atoms with Crippen molar-refractivity contribution in [2.45, 2.75) is 6.43 Å². The number of nitrogens with zero attached hydrogens (tertiary/aromatic N) is 1. The van der Waals surface area contributed by atoms with Gasteiger partial charge in [0.1, 0.15) is 5.82 Å². The molecule has 0 saturated carbocycles. The van der Waals surface area contributed by atoms with Gasteiger partial charge in [0.15, 0.2) is 0 Å². The molecule has 0 bridgehead atoms. The van der Waals surface area contributed by atoms with Gasteiger partial charge in [0, 0.05) is 6.20 Å². The Bertz CT molecular complexity index is 380. The van der Waals surface area contributed by atoms with Crippen molar-refractivity contribution >= 4 is 17.4 Å². The number of hydrogen-bond acceptors (Lipinski definition) is 4. The van der Waals surface area contributed by atoms with Crippen LogP contribution in [0.25, 0.3) is 0 Å². The van der Waals surface area contributed by atoms with E-state index in [4.69, 9.17) is 17.2 Å². The van der Waals surface area contributed by atoms with Crippen molar-refractivity contribution in [2.75, 3.05) is 11.5 Å². The largest absolute Gasteiger partial charge is 0.398 e. The van der Waals surface area contributed by atoms with Gasteiger partial charge in [-0.25, -0.2) is 13.8 Å². The average Bonchev–Trinajstić information content (AvgIpc) is 2.02. The Kier molecular flexibility index (Phi) is 2.50. The third-order valence-corrected chi connectivity index (χ3v) is 1.67. The number of pyridine rings is 1. The number of nitrogen functional groups attached to an aromatic ring is 2. The highest BCUT2D eigenvalue weighted by Gasteiger charge is 2.20. The summed E-state index contributed by atoms with van der Waals surface area (Å²) in [6, 6.07) is 0. The van der Waals surface area contributed by atoms with E-state index in [2.05, 4.69) is 4.98 Å². The van der Waals surface area contributed by atoms with E-state index >= 15 is 0 Å². The fourth-order valence-electron chi connectivity index (χ4n) is 0.982. The summed E-state index contributed by atoms with van der Waals surface area (Å²) < 4.78 is 24.8. The maximum atomic E-state index is 12.4. The lowest BCUT2D eigenvalue weighted by atomic mass is 10.1. The van der Waals surface area contributed by atoms with Gasteiger partial charge < -0.3 is 17.2 Å². The van der Waals surface area contributed by atoms with Gasteiger partial charge in [-0.1, -0.05) is 0 Å². The van der Waals surface area contributed by atoms with E-state index in [-0.39, 0.29) is 5.56 Å². The molecule has 0 aromatic carbocycles. The zero-order chi connectivity index (χ0) is 10.9. The minimum absolute atomic E-state index is 0.255. The molecular formula is C7H8F2N4O. The molecule has 0 fully saturated rings. The van der Waals surface area contributed by atoms with Crippen LogP contribution >= 0.6 is 0 Å². The molecule has 0 radical (unpaired) electrons. The smallest absolute Gasteiger partial charge is 0.269 e. The number of aromatic nitrogens is 1. The zero-order valence-corrected chi connectivity index (χ0v) is 7.00. The first-order valence-corrected chi connectivity index (χ1v) is 3.57. The van der Waals surface area contributed by atoms with Crippen LogP contribution in [-0.4, -0.2) is 10.9 Å². The fourth-order valence-corrected chi connectivity index (χ4v) is 0.982. The molecule has 0 spiro atoms. The normalized spacial score (nSPS) is 10.5. The van der Waals surface area contributed by atoms with E-state index in [0.717, 1.165) is 6.20 Å². The number of amides is 1. The Morgan fingerprint density at radius 2 is 2.00 bits per heavy atom. The maximum Gasteiger partial charge on any atom is 0.269 e. The van der Waals surface area contributed by atoms with Crippen molar-refractivity contribution in [3.63, 3.8) is 0 Å². The van der Waals surface area contributed by atoms with Crippen molar-refractivity contribution in [1.82, 2.24) is 4.98 Å². The molecule has 1 aromatic rings. The molecule has 76 valence electrons. The number of nitrogens with two attached hydrogens (primary N) is 3. The number of hydrogen-bond donors (Lipinski definition) is 3. The second-order valence-electron chi connectivity index (χ2n) is 2.55. The van der Waals surface area contributed by atoms with Crippen molar-refractivity contribution in [2.24, 2.45) is 5.73 Å². The van der Waals surface area contributed by atoms with Crippen LogP contribution < -0.4 is 17.2 Å². The number of anilines is 2.